The molecular formula is C16H17BrN2O. The molecule has 0 bridgehead atoms. The van der Waals surface area contributed by atoms with Crippen molar-refractivity contribution >= 4 is 27.6 Å². The molecule has 0 saturated heterocycles. The van der Waals surface area contributed by atoms with Gasteiger partial charge in [0.1, 0.15) is 0 Å². The summed E-state index contributed by atoms with van der Waals surface area (Å²) >= 11 is 3.41. The van der Waals surface area contributed by atoms with E-state index >= 15 is 0 Å². The van der Waals surface area contributed by atoms with Crippen molar-refractivity contribution in [2.45, 2.75) is 20.4 Å². The van der Waals surface area contributed by atoms with Crippen molar-refractivity contribution in [3.05, 3.63) is 63.6 Å². The van der Waals surface area contributed by atoms with Crippen LogP contribution in [-0.2, 0) is 6.54 Å². The van der Waals surface area contributed by atoms with Gasteiger partial charge in [0.15, 0.2) is 0 Å². The largest absolute Gasteiger partial charge is 0.334 e. The Morgan fingerprint density at radius 1 is 1.10 bits per heavy atom. The van der Waals surface area contributed by atoms with Crippen molar-refractivity contribution in [3.63, 3.8) is 0 Å². The van der Waals surface area contributed by atoms with Crippen LogP contribution in [0, 0.1) is 13.8 Å². The molecule has 0 radical (unpaired) electrons. The first-order valence-electron chi connectivity index (χ1n) is 6.40. The quantitative estimate of drug-likeness (QED) is 0.859. The zero-order chi connectivity index (χ0) is 14.5. The Bertz CT molecular complexity index is 605. The lowest BCUT2D eigenvalue weighted by molar-refractivity contribution is 0.251. The number of amides is 2. The fraction of sp³-hybridized carbons (Fsp3) is 0.188. The minimum atomic E-state index is -0.199. The van der Waals surface area contributed by atoms with Gasteiger partial charge in [-0.15, -0.1) is 0 Å². The molecule has 104 valence electrons. The molecule has 4 heteroatoms. The maximum absolute atomic E-state index is 11.9. The molecule has 20 heavy (non-hydrogen) atoms. The van der Waals surface area contributed by atoms with E-state index in [9.17, 15) is 4.79 Å². The zero-order valence-electron chi connectivity index (χ0n) is 11.5. The van der Waals surface area contributed by atoms with Crippen molar-refractivity contribution in [3.8, 4) is 0 Å². The summed E-state index contributed by atoms with van der Waals surface area (Å²) in [5.41, 5.74) is 4.13. The Kier molecular flexibility index (Phi) is 4.79. The number of nitrogens with one attached hydrogen (secondary N) is 2. The van der Waals surface area contributed by atoms with E-state index in [1.807, 2.05) is 50.2 Å². The molecule has 0 fully saturated rings. The molecule has 0 heterocycles. The normalized spacial score (nSPS) is 10.2. The van der Waals surface area contributed by atoms with Crippen LogP contribution in [0.2, 0.25) is 0 Å². The number of rotatable bonds is 3. The van der Waals surface area contributed by atoms with Crippen LogP contribution in [0.5, 0.6) is 0 Å². The predicted octanol–water partition coefficient (Wildman–Crippen LogP) is 4.39. The molecule has 3 nitrogen and oxygen atoms in total. The van der Waals surface area contributed by atoms with Crippen LogP contribution < -0.4 is 10.6 Å². The van der Waals surface area contributed by atoms with Crippen LogP contribution in [0.15, 0.2) is 46.9 Å². The Labute approximate surface area is 127 Å². The Morgan fingerprint density at radius 2 is 1.80 bits per heavy atom. The van der Waals surface area contributed by atoms with Gasteiger partial charge in [-0.1, -0.05) is 34.1 Å². The minimum Gasteiger partial charge on any atom is -0.334 e. The third-order valence-electron chi connectivity index (χ3n) is 2.82. The number of hydrogen-bond donors (Lipinski definition) is 2. The summed E-state index contributed by atoms with van der Waals surface area (Å²) in [4.78, 5) is 11.9. The van der Waals surface area contributed by atoms with Gasteiger partial charge in [0, 0.05) is 16.7 Å². The van der Waals surface area contributed by atoms with Gasteiger partial charge in [0.05, 0.1) is 0 Å². The molecule has 2 aromatic carbocycles. The van der Waals surface area contributed by atoms with E-state index in [-0.39, 0.29) is 6.03 Å². The Hall–Kier alpha value is -1.81. The summed E-state index contributed by atoms with van der Waals surface area (Å²) < 4.78 is 1.01. The van der Waals surface area contributed by atoms with Crippen LogP contribution in [0.1, 0.15) is 16.7 Å². The lowest BCUT2D eigenvalue weighted by Gasteiger charge is -2.09. The molecule has 2 amide bonds. The smallest absolute Gasteiger partial charge is 0.319 e. The molecular weight excluding hydrogens is 316 g/mol. The summed E-state index contributed by atoms with van der Waals surface area (Å²) in [6.45, 7) is 4.52. The van der Waals surface area contributed by atoms with Gasteiger partial charge in [-0.05, 0) is 54.8 Å². The highest BCUT2D eigenvalue weighted by Crippen LogP contribution is 2.14. The van der Waals surface area contributed by atoms with Gasteiger partial charge in [-0.2, -0.15) is 0 Å². The van der Waals surface area contributed by atoms with Gasteiger partial charge in [0.25, 0.3) is 0 Å². The van der Waals surface area contributed by atoms with Gasteiger partial charge >= 0.3 is 6.03 Å². The average Bonchev–Trinajstić information content (AvgIpc) is 2.35. The van der Waals surface area contributed by atoms with E-state index in [0.29, 0.717) is 6.54 Å². The van der Waals surface area contributed by atoms with Crippen LogP contribution in [-0.4, -0.2) is 6.03 Å². The Balaban J connectivity index is 1.92. The van der Waals surface area contributed by atoms with E-state index < -0.39 is 0 Å². The molecule has 2 N–H and O–H groups in total. The lowest BCUT2D eigenvalue weighted by atomic mass is 10.1. The molecule has 0 saturated carbocycles. The molecule has 0 atom stereocenters. The molecule has 2 aromatic rings. The first-order chi connectivity index (χ1) is 9.52. The summed E-state index contributed by atoms with van der Waals surface area (Å²) in [5.74, 6) is 0. The second-order valence-electron chi connectivity index (χ2n) is 4.81. The van der Waals surface area contributed by atoms with Gasteiger partial charge in [0.2, 0.25) is 0 Å². The first-order valence-corrected chi connectivity index (χ1v) is 7.20. The minimum absolute atomic E-state index is 0.199. The third-order valence-corrected chi connectivity index (χ3v) is 3.31. The average molecular weight is 333 g/mol. The fourth-order valence-electron chi connectivity index (χ4n) is 2.05. The van der Waals surface area contributed by atoms with E-state index in [2.05, 4.69) is 32.6 Å². The van der Waals surface area contributed by atoms with Crippen molar-refractivity contribution < 1.29 is 4.79 Å². The first kappa shape index (κ1) is 14.6. The molecule has 0 aromatic heterocycles. The molecule has 0 aliphatic heterocycles. The van der Waals surface area contributed by atoms with Crippen molar-refractivity contribution in [2.75, 3.05) is 5.32 Å². The van der Waals surface area contributed by atoms with Crippen LogP contribution in [0.25, 0.3) is 0 Å². The monoisotopic (exact) mass is 332 g/mol. The summed E-state index contributed by atoms with van der Waals surface area (Å²) in [5, 5.41) is 5.69. The lowest BCUT2D eigenvalue weighted by Crippen LogP contribution is -2.28. The molecule has 0 aliphatic carbocycles. The summed E-state index contributed by atoms with van der Waals surface area (Å²) in [6.07, 6.45) is 0. The third kappa shape index (κ3) is 4.38. The number of halogens is 1. The van der Waals surface area contributed by atoms with Crippen LogP contribution in [0.3, 0.4) is 0 Å². The number of benzene rings is 2. The standard InChI is InChI=1S/C16H17BrN2O/c1-11-6-12(2)8-15(7-11)19-16(20)18-10-13-4-3-5-14(17)9-13/h3-9H,10H2,1-2H3,(H2,18,19,20). The van der Waals surface area contributed by atoms with Crippen LogP contribution >= 0.6 is 15.9 Å². The van der Waals surface area contributed by atoms with Crippen molar-refractivity contribution in [1.82, 2.24) is 5.32 Å². The van der Waals surface area contributed by atoms with E-state index in [4.69, 9.17) is 0 Å². The second-order valence-corrected chi connectivity index (χ2v) is 5.73. The molecule has 0 spiro atoms. The van der Waals surface area contributed by atoms with Crippen LogP contribution in [0.4, 0.5) is 10.5 Å². The van der Waals surface area contributed by atoms with Crippen molar-refractivity contribution in [2.24, 2.45) is 0 Å². The number of anilines is 1. The highest BCUT2D eigenvalue weighted by Gasteiger charge is 2.03. The number of carbonyl (C=O) groups excluding carboxylic acids is 1. The summed E-state index contributed by atoms with van der Waals surface area (Å²) in [7, 11) is 0. The second kappa shape index (κ2) is 6.57. The highest BCUT2D eigenvalue weighted by atomic mass is 79.9. The number of hydrogen-bond acceptors (Lipinski definition) is 1. The number of carbonyl (C=O) groups is 1. The maximum Gasteiger partial charge on any atom is 0.319 e. The van der Waals surface area contributed by atoms with E-state index in [1.54, 1.807) is 0 Å². The molecule has 0 unspecified atom stereocenters. The Morgan fingerprint density at radius 3 is 2.45 bits per heavy atom. The predicted molar refractivity (Wildman–Crippen MR) is 85.9 cm³/mol. The van der Waals surface area contributed by atoms with Gasteiger partial charge < -0.3 is 10.6 Å². The molecule has 2 rings (SSSR count). The highest BCUT2D eigenvalue weighted by molar-refractivity contribution is 9.10. The maximum atomic E-state index is 11.9. The van der Waals surface area contributed by atoms with Gasteiger partial charge in [-0.25, -0.2) is 4.79 Å². The topological polar surface area (TPSA) is 41.1 Å². The van der Waals surface area contributed by atoms with E-state index in [1.165, 1.54) is 0 Å². The SMILES string of the molecule is Cc1cc(C)cc(NC(=O)NCc2cccc(Br)c2)c1. The van der Waals surface area contributed by atoms with E-state index in [0.717, 1.165) is 26.9 Å². The fourth-order valence-corrected chi connectivity index (χ4v) is 2.50. The number of aryl methyl sites for hydroxylation is 2. The van der Waals surface area contributed by atoms with Gasteiger partial charge in [-0.3, -0.25) is 0 Å². The zero-order valence-corrected chi connectivity index (χ0v) is 13.1. The van der Waals surface area contributed by atoms with Crippen molar-refractivity contribution in [1.29, 1.82) is 0 Å². The molecule has 0 aliphatic rings. The summed E-state index contributed by atoms with van der Waals surface area (Å²) in [6, 6.07) is 13.6. The number of urea groups is 1.